The Morgan fingerprint density at radius 2 is 2.29 bits per heavy atom. The summed E-state index contributed by atoms with van der Waals surface area (Å²) < 4.78 is 0. The largest absolute Gasteiger partial charge is 0.385 e. The lowest BCUT2D eigenvalue weighted by Gasteiger charge is -2.20. The van der Waals surface area contributed by atoms with Crippen molar-refractivity contribution < 1.29 is 4.79 Å². The van der Waals surface area contributed by atoms with Crippen LogP contribution in [0.2, 0.25) is 0 Å². The third-order valence-corrected chi connectivity index (χ3v) is 2.42. The minimum Gasteiger partial charge on any atom is -0.385 e. The zero-order chi connectivity index (χ0) is 9.97. The molecule has 1 aliphatic heterocycles. The summed E-state index contributed by atoms with van der Waals surface area (Å²) in [7, 11) is 0. The number of hydrogen-bond donors (Lipinski definition) is 2. The first kappa shape index (κ1) is 9.06. The molecule has 74 valence electrons. The summed E-state index contributed by atoms with van der Waals surface area (Å²) in [5.41, 5.74) is 3.33. The van der Waals surface area contributed by atoms with E-state index in [0.29, 0.717) is 6.42 Å². The summed E-state index contributed by atoms with van der Waals surface area (Å²) in [5.74, 6) is 0.117. The lowest BCUT2D eigenvalue weighted by molar-refractivity contribution is -0.116. The van der Waals surface area contributed by atoms with Gasteiger partial charge < -0.3 is 10.6 Å². The monoisotopic (exact) mass is 190 g/mol. The average molecular weight is 190 g/mol. The number of anilines is 2. The molecule has 14 heavy (non-hydrogen) atoms. The number of rotatable bonds is 2. The minimum atomic E-state index is 0.117. The van der Waals surface area contributed by atoms with Gasteiger partial charge in [-0.15, -0.1) is 0 Å². The van der Waals surface area contributed by atoms with Gasteiger partial charge in [0.2, 0.25) is 5.91 Å². The first-order chi connectivity index (χ1) is 6.81. The molecular formula is C11H14N2O. The third-order valence-electron chi connectivity index (χ3n) is 2.42. The Labute approximate surface area is 83.5 Å². The maximum Gasteiger partial charge on any atom is 0.224 e. The van der Waals surface area contributed by atoms with Gasteiger partial charge in [-0.1, -0.05) is 6.07 Å². The van der Waals surface area contributed by atoms with Crippen molar-refractivity contribution in [3.05, 3.63) is 23.8 Å². The summed E-state index contributed by atoms with van der Waals surface area (Å²) in [4.78, 5) is 11.2. The molecule has 0 fully saturated rings. The average Bonchev–Trinajstić information content (AvgIpc) is 2.18. The fourth-order valence-electron chi connectivity index (χ4n) is 1.78. The molecule has 1 aliphatic rings. The van der Waals surface area contributed by atoms with Gasteiger partial charge in [-0.25, -0.2) is 0 Å². The molecule has 0 radical (unpaired) electrons. The van der Waals surface area contributed by atoms with Gasteiger partial charge in [-0.2, -0.15) is 0 Å². The van der Waals surface area contributed by atoms with Gasteiger partial charge in [0, 0.05) is 24.3 Å². The normalized spacial score (nSPS) is 14.5. The maximum atomic E-state index is 11.2. The smallest absolute Gasteiger partial charge is 0.224 e. The van der Waals surface area contributed by atoms with Crippen LogP contribution >= 0.6 is 0 Å². The molecule has 0 bridgehead atoms. The van der Waals surface area contributed by atoms with Gasteiger partial charge in [0.1, 0.15) is 0 Å². The lowest BCUT2D eigenvalue weighted by Crippen LogP contribution is -2.20. The van der Waals surface area contributed by atoms with Crippen molar-refractivity contribution in [3.8, 4) is 0 Å². The van der Waals surface area contributed by atoms with E-state index >= 15 is 0 Å². The van der Waals surface area contributed by atoms with Crippen LogP contribution < -0.4 is 10.6 Å². The summed E-state index contributed by atoms with van der Waals surface area (Å²) in [6.07, 6.45) is 1.43. The Hall–Kier alpha value is -1.51. The van der Waals surface area contributed by atoms with Crippen molar-refractivity contribution in [3.63, 3.8) is 0 Å². The van der Waals surface area contributed by atoms with E-state index in [9.17, 15) is 4.79 Å². The van der Waals surface area contributed by atoms with Crippen LogP contribution in [0.1, 0.15) is 18.9 Å². The molecule has 1 aromatic carbocycles. The number of amides is 1. The van der Waals surface area contributed by atoms with Gasteiger partial charge in [0.25, 0.3) is 0 Å². The Bertz CT molecular complexity index is 360. The second kappa shape index (κ2) is 3.70. The van der Waals surface area contributed by atoms with Crippen LogP contribution in [0.15, 0.2) is 18.2 Å². The van der Waals surface area contributed by atoms with Crippen molar-refractivity contribution >= 4 is 17.3 Å². The van der Waals surface area contributed by atoms with Crippen LogP contribution in [0.4, 0.5) is 11.4 Å². The Kier molecular flexibility index (Phi) is 2.39. The van der Waals surface area contributed by atoms with Gasteiger partial charge in [0.05, 0.1) is 0 Å². The molecule has 0 unspecified atom stereocenters. The van der Waals surface area contributed by atoms with E-state index in [4.69, 9.17) is 0 Å². The maximum absolute atomic E-state index is 11.2. The second-order valence-electron chi connectivity index (χ2n) is 3.41. The van der Waals surface area contributed by atoms with Gasteiger partial charge in [-0.3, -0.25) is 4.79 Å². The molecule has 1 aromatic rings. The molecule has 2 N–H and O–H groups in total. The minimum absolute atomic E-state index is 0.117. The molecule has 2 rings (SSSR count). The topological polar surface area (TPSA) is 41.1 Å². The van der Waals surface area contributed by atoms with E-state index in [1.807, 2.05) is 12.1 Å². The van der Waals surface area contributed by atoms with Crippen LogP contribution in [0.5, 0.6) is 0 Å². The zero-order valence-electron chi connectivity index (χ0n) is 8.26. The van der Waals surface area contributed by atoms with Crippen LogP contribution in [-0.4, -0.2) is 12.5 Å². The summed E-state index contributed by atoms with van der Waals surface area (Å²) in [6.45, 7) is 2.98. The Morgan fingerprint density at radius 3 is 3.07 bits per heavy atom. The molecule has 0 saturated heterocycles. The quantitative estimate of drug-likeness (QED) is 0.749. The molecule has 0 aliphatic carbocycles. The zero-order valence-corrected chi connectivity index (χ0v) is 8.26. The van der Waals surface area contributed by atoms with Crippen LogP contribution in [-0.2, 0) is 11.2 Å². The summed E-state index contributed by atoms with van der Waals surface area (Å²) >= 11 is 0. The van der Waals surface area contributed by atoms with Crippen molar-refractivity contribution in [1.29, 1.82) is 0 Å². The Balaban J connectivity index is 2.36. The fraction of sp³-hybridized carbons (Fsp3) is 0.364. The number of carbonyl (C=O) groups is 1. The third kappa shape index (κ3) is 1.58. The van der Waals surface area contributed by atoms with Crippen molar-refractivity contribution in [1.82, 2.24) is 0 Å². The van der Waals surface area contributed by atoms with E-state index < -0.39 is 0 Å². The molecule has 1 heterocycles. The number of nitrogens with one attached hydrogen (secondary N) is 2. The highest BCUT2D eigenvalue weighted by Crippen LogP contribution is 2.28. The van der Waals surface area contributed by atoms with E-state index in [0.717, 1.165) is 24.3 Å². The molecule has 1 amide bonds. The highest BCUT2D eigenvalue weighted by molar-refractivity contribution is 5.95. The predicted molar refractivity (Wildman–Crippen MR) is 57.6 cm³/mol. The second-order valence-corrected chi connectivity index (χ2v) is 3.41. The fourth-order valence-corrected chi connectivity index (χ4v) is 1.78. The van der Waals surface area contributed by atoms with Crippen molar-refractivity contribution in [2.75, 3.05) is 17.2 Å². The van der Waals surface area contributed by atoms with Gasteiger partial charge in [0.15, 0.2) is 0 Å². The van der Waals surface area contributed by atoms with Crippen LogP contribution in [0.25, 0.3) is 0 Å². The molecular weight excluding hydrogens is 176 g/mol. The summed E-state index contributed by atoms with van der Waals surface area (Å²) in [5, 5.41) is 6.18. The van der Waals surface area contributed by atoms with E-state index in [1.165, 1.54) is 5.56 Å². The number of benzene rings is 1. The van der Waals surface area contributed by atoms with E-state index in [2.05, 4.69) is 23.6 Å². The SMILES string of the molecule is CCNc1cccc2c1CCC(=O)N2. The highest BCUT2D eigenvalue weighted by atomic mass is 16.1. The molecule has 3 heteroatoms. The first-order valence-corrected chi connectivity index (χ1v) is 4.97. The number of carbonyl (C=O) groups excluding carboxylic acids is 1. The molecule has 0 atom stereocenters. The molecule has 0 saturated carbocycles. The highest BCUT2D eigenvalue weighted by Gasteiger charge is 2.16. The summed E-state index contributed by atoms with van der Waals surface area (Å²) in [6, 6.07) is 5.97. The number of fused-ring (bicyclic) bond motifs is 1. The lowest BCUT2D eigenvalue weighted by atomic mass is 10.0. The molecule has 0 spiro atoms. The van der Waals surface area contributed by atoms with Gasteiger partial charge >= 0.3 is 0 Å². The molecule has 0 aromatic heterocycles. The van der Waals surface area contributed by atoms with E-state index in [1.54, 1.807) is 0 Å². The van der Waals surface area contributed by atoms with Gasteiger partial charge in [-0.05, 0) is 31.0 Å². The number of hydrogen-bond acceptors (Lipinski definition) is 2. The van der Waals surface area contributed by atoms with Crippen molar-refractivity contribution in [2.24, 2.45) is 0 Å². The predicted octanol–water partition coefficient (Wildman–Crippen LogP) is 2.00. The Morgan fingerprint density at radius 1 is 1.43 bits per heavy atom. The standard InChI is InChI=1S/C11H14N2O/c1-2-12-9-4-3-5-10-8(9)6-7-11(14)13-10/h3-5,12H,2,6-7H2,1H3,(H,13,14). The van der Waals surface area contributed by atoms with Crippen LogP contribution in [0.3, 0.4) is 0 Å². The van der Waals surface area contributed by atoms with Crippen molar-refractivity contribution in [2.45, 2.75) is 19.8 Å². The molecule has 3 nitrogen and oxygen atoms in total. The first-order valence-electron chi connectivity index (χ1n) is 4.97. The van der Waals surface area contributed by atoms with E-state index in [-0.39, 0.29) is 5.91 Å². The van der Waals surface area contributed by atoms with Crippen LogP contribution in [0, 0.1) is 0 Å².